The lowest BCUT2D eigenvalue weighted by Gasteiger charge is -2.11. The monoisotopic (exact) mass is 335 g/mol. The minimum absolute atomic E-state index is 0.0664. The third-order valence-corrected chi connectivity index (χ3v) is 3.71. The molecule has 0 fully saturated rings. The van der Waals surface area contributed by atoms with Gasteiger partial charge in [0, 0.05) is 43.6 Å². The van der Waals surface area contributed by atoms with E-state index in [9.17, 15) is 10.1 Å². The van der Waals surface area contributed by atoms with E-state index < -0.39 is 4.92 Å². The lowest BCUT2D eigenvalue weighted by Crippen LogP contribution is -2.07. The van der Waals surface area contributed by atoms with Crippen LogP contribution in [0.2, 0.25) is 0 Å². The maximum Gasteiger partial charge on any atom is 0.269 e. The van der Waals surface area contributed by atoms with Crippen molar-refractivity contribution < 1.29 is 9.34 Å². The summed E-state index contributed by atoms with van der Waals surface area (Å²) < 4.78 is 5.73. The highest BCUT2D eigenvalue weighted by Gasteiger charge is 2.06. The number of rotatable bonds is 5. The molecule has 126 valence electrons. The second kappa shape index (κ2) is 7.00. The van der Waals surface area contributed by atoms with Gasteiger partial charge >= 0.3 is 0 Å². The molecule has 0 radical (unpaired) electrons. The van der Waals surface area contributed by atoms with Crippen LogP contribution in [-0.2, 0) is 0 Å². The van der Waals surface area contributed by atoms with Crippen molar-refractivity contribution in [2.24, 2.45) is 0 Å². The van der Waals surface area contributed by atoms with Gasteiger partial charge in [0.25, 0.3) is 5.69 Å². The van der Waals surface area contributed by atoms with Crippen LogP contribution in [-0.4, -0.2) is 24.0 Å². The molecule has 25 heavy (non-hydrogen) atoms. The molecule has 0 spiro atoms. The van der Waals surface area contributed by atoms with E-state index in [1.54, 1.807) is 30.5 Å². The summed E-state index contributed by atoms with van der Waals surface area (Å²) in [5.41, 5.74) is 2.96. The number of oxazole rings is 1. The van der Waals surface area contributed by atoms with Gasteiger partial charge in [-0.15, -0.1) is 0 Å². The Morgan fingerprint density at radius 2 is 1.72 bits per heavy atom. The van der Waals surface area contributed by atoms with Crippen LogP contribution in [0.5, 0.6) is 0 Å². The molecular formula is C19H17N3O3. The number of non-ortho nitro benzene ring substituents is 1. The zero-order valence-electron chi connectivity index (χ0n) is 13.9. The van der Waals surface area contributed by atoms with Crippen LogP contribution in [0.1, 0.15) is 11.5 Å². The molecule has 0 atom stereocenters. The van der Waals surface area contributed by atoms with Gasteiger partial charge in [0.1, 0.15) is 0 Å². The zero-order chi connectivity index (χ0) is 17.8. The Morgan fingerprint density at radius 1 is 1.04 bits per heavy atom. The smallest absolute Gasteiger partial charge is 0.269 e. The van der Waals surface area contributed by atoms with Gasteiger partial charge in [0.05, 0.1) is 11.1 Å². The summed E-state index contributed by atoms with van der Waals surface area (Å²) in [5.74, 6) is 1.17. The molecule has 0 N–H and O–H groups in total. The van der Waals surface area contributed by atoms with Crippen molar-refractivity contribution >= 4 is 23.5 Å². The maximum atomic E-state index is 10.6. The van der Waals surface area contributed by atoms with Gasteiger partial charge in [0.15, 0.2) is 5.76 Å². The van der Waals surface area contributed by atoms with Crippen LogP contribution < -0.4 is 4.90 Å². The summed E-state index contributed by atoms with van der Waals surface area (Å²) in [5, 5.41) is 10.6. The zero-order valence-corrected chi connectivity index (χ0v) is 13.9. The molecule has 2 aromatic carbocycles. The minimum Gasteiger partial charge on any atom is -0.437 e. The molecule has 0 bridgehead atoms. The summed E-state index contributed by atoms with van der Waals surface area (Å²) in [7, 11) is 3.98. The summed E-state index contributed by atoms with van der Waals surface area (Å²) in [4.78, 5) is 16.5. The van der Waals surface area contributed by atoms with Crippen LogP contribution >= 0.6 is 0 Å². The molecule has 0 aliphatic heterocycles. The summed E-state index contributed by atoms with van der Waals surface area (Å²) in [6, 6.07) is 14.3. The Morgan fingerprint density at radius 3 is 2.32 bits per heavy atom. The molecule has 6 nitrogen and oxygen atoms in total. The number of nitrogens with zero attached hydrogens (tertiary/aromatic N) is 3. The van der Waals surface area contributed by atoms with Gasteiger partial charge in [0.2, 0.25) is 5.89 Å². The number of aromatic nitrogens is 1. The molecule has 0 unspecified atom stereocenters. The third-order valence-electron chi connectivity index (χ3n) is 3.71. The Hall–Kier alpha value is -3.41. The average molecular weight is 335 g/mol. The first-order valence-corrected chi connectivity index (χ1v) is 7.69. The first-order chi connectivity index (χ1) is 12.0. The van der Waals surface area contributed by atoms with Crippen LogP contribution in [0, 0.1) is 10.1 Å². The van der Waals surface area contributed by atoms with Crippen molar-refractivity contribution in [3.63, 3.8) is 0 Å². The van der Waals surface area contributed by atoms with E-state index in [1.807, 2.05) is 43.3 Å². The van der Waals surface area contributed by atoms with Gasteiger partial charge in [-0.25, -0.2) is 4.98 Å². The highest BCUT2D eigenvalue weighted by Crippen LogP contribution is 2.24. The fraction of sp³-hybridized carbons (Fsp3) is 0.105. The van der Waals surface area contributed by atoms with Gasteiger partial charge in [-0.3, -0.25) is 10.1 Å². The predicted molar refractivity (Wildman–Crippen MR) is 98.3 cm³/mol. The van der Waals surface area contributed by atoms with Gasteiger partial charge in [-0.2, -0.15) is 0 Å². The molecule has 0 amide bonds. The summed E-state index contributed by atoms with van der Waals surface area (Å²) in [6.07, 6.45) is 5.22. The first kappa shape index (κ1) is 16.4. The Bertz CT molecular complexity index is 894. The lowest BCUT2D eigenvalue weighted by molar-refractivity contribution is -0.384. The van der Waals surface area contributed by atoms with E-state index in [0.29, 0.717) is 11.7 Å². The normalized spacial score (nSPS) is 11.0. The summed E-state index contributed by atoms with van der Waals surface area (Å²) in [6.45, 7) is 0. The number of benzene rings is 2. The number of nitro groups is 1. The van der Waals surface area contributed by atoms with E-state index in [-0.39, 0.29) is 5.69 Å². The van der Waals surface area contributed by atoms with Crippen molar-refractivity contribution in [2.75, 3.05) is 19.0 Å². The second-order valence-corrected chi connectivity index (χ2v) is 5.69. The minimum atomic E-state index is -0.421. The van der Waals surface area contributed by atoms with E-state index in [2.05, 4.69) is 4.98 Å². The van der Waals surface area contributed by atoms with Crippen molar-refractivity contribution in [3.05, 3.63) is 76.3 Å². The maximum absolute atomic E-state index is 10.6. The molecule has 0 aliphatic carbocycles. The fourth-order valence-corrected chi connectivity index (χ4v) is 2.30. The lowest BCUT2D eigenvalue weighted by atomic mass is 10.1. The number of hydrogen-bond donors (Lipinski definition) is 0. The molecule has 1 heterocycles. The molecule has 3 rings (SSSR count). The molecule has 0 saturated heterocycles. The molecular weight excluding hydrogens is 318 g/mol. The average Bonchev–Trinajstić information content (AvgIpc) is 3.09. The molecule has 0 aliphatic rings. The third kappa shape index (κ3) is 3.92. The Labute approximate surface area is 145 Å². The number of hydrogen-bond acceptors (Lipinski definition) is 5. The quantitative estimate of drug-likeness (QED) is 0.507. The van der Waals surface area contributed by atoms with Crippen molar-refractivity contribution in [2.45, 2.75) is 0 Å². The van der Waals surface area contributed by atoms with Crippen LogP contribution in [0.15, 0.2) is 59.1 Å². The molecule has 6 heteroatoms. The highest BCUT2D eigenvalue weighted by molar-refractivity contribution is 5.68. The highest BCUT2D eigenvalue weighted by atomic mass is 16.6. The van der Waals surface area contributed by atoms with Gasteiger partial charge in [-0.05, 0) is 48.0 Å². The molecule has 0 saturated carbocycles. The van der Waals surface area contributed by atoms with Gasteiger partial charge < -0.3 is 9.32 Å². The standard InChI is InChI=1S/C19H17N3O3/c1-21(2)16-10-6-15(7-11-16)18-13-20-19(25-18)12-5-14-3-8-17(9-4-14)22(23)24/h3-13H,1-2H3/b12-5+. The number of nitro benzene ring substituents is 1. The topological polar surface area (TPSA) is 72.4 Å². The van der Waals surface area contributed by atoms with Crippen molar-refractivity contribution in [3.8, 4) is 11.3 Å². The molecule has 3 aromatic rings. The van der Waals surface area contributed by atoms with Crippen molar-refractivity contribution in [1.29, 1.82) is 0 Å². The van der Waals surface area contributed by atoms with Gasteiger partial charge in [-0.1, -0.05) is 0 Å². The van der Waals surface area contributed by atoms with Crippen molar-refractivity contribution in [1.82, 2.24) is 4.98 Å². The Balaban J connectivity index is 1.73. The SMILES string of the molecule is CN(C)c1ccc(-c2cnc(/C=C/c3ccc([N+](=O)[O-])cc3)o2)cc1. The van der Waals surface area contributed by atoms with E-state index in [1.165, 1.54) is 12.1 Å². The van der Waals surface area contributed by atoms with E-state index in [0.717, 1.165) is 16.8 Å². The first-order valence-electron chi connectivity index (χ1n) is 7.69. The Kier molecular flexibility index (Phi) is 4.61. The predicted octanol–water partition coefficient (Wildman–Crippen LogP) is 4.49. The molecule has 1 aromatic heterocycles. The number of anilines is 1. The fourth-order valence-electron chi connectivity index (χ4n) is 2.30. The largest absolute Gasteiger partial charge is 0.437 e. The van der Waals surface area contributed by atoms with E-state index in [4.69, 9.17) is 4.42 Å². The second-order valence-electron chi connectivity index (χ2n) is 5.69. The van der Waals surface area contributed by atoms with E-state index >= 15 is 0 Å². The van der Waals surface area contributed by atoms with Crippen LogP contribution in [0.25, 0.3) is 23.5 Å². The van der Waals surface area contributed by atoms with Crippen LogP contribution in [0.3, 0.4) is 0 Å². The van der Waals surface area contributed by atoms with Crippen LogP contribution in [0.4, 0.5) is 11.4 Å². The summed E-state index contributed by atoms with van der Waals surface area (Å²) >= 11 is 0.